The number of nitrogens with zero attached hydrogens (tertiary/aromatic N) is 1. The number of ketones is 1. The van der Waals surface area contributed by atoms with Crippen molar-refractivity contribution in [2.75, 3.05) is 6.54 Å². The van der Waals surface area contributed by atoms with Gasteiger partial charge in [-0.05, 0) is 42.9 Å². The summed E-state index contributed by atoms with van der Waals surface area (Å²) in [6, 6.07) is 7.20. The van der Waals surface area contributed by atoms with E-state index in [-0.39, 0.29) is 23.4 Å². The highest BCUT2D eigenvalue weighted by Crippen LogP contribution is 2.41. The molecule has 3 unspecified atom stereocenters. The van der Waals surface area contributed by atoms with Gasteiger partial charge in [-0.1, -0.05) is 38.5 Å². The molecule has 2 aliphatic rings. The normalized spacial score (nSPS) is 19.4. The lowest BCUT2D eigenvalue weighted by molar-refractivity contribution is -0.136. The molecule has 1 aromatic carbocycles. The van der Waals surface area contributed by atoms with E-state index in [1.165, 1.54) is 17.4 Å². The number of halogens is 1. The number of esters is 1. The molecule has 0 amide bonds. The quantitative estimate of drug-likeness (QED) is 0.617. The fourth-order valence-corrected chi connectivity index (χ4v) is 5.09. The number of Topliss-reactive ketones (excluding diaryl/α,β-unsaturated/α-hetero) is 1. The third-order valence-electron chi connectivity index (χ3n) is 6.42. The lowest BCUT2D eigenvalue weighted by Crippen LogP contribution is -2.39. The maximum Gasteiger partial charge on any atom is 0.329 e. The maximum atomic E-state index is 14.6. The van der Waals surface area contributed by atoms with E-state index in [0.29, 0.717) is 23.7 Å². The van der Waals surface area contributed by atoms with Crippen LogP contribution in [0.15, 0.2) is 30.3 Å². The second kappa shape index (κ2) is 9.18. The zero-order valence-corrected chi connectivity index (χ0v) is 18.8. The van der Waals surface area contributed by atoms with Crippen molar-refractivity contribution in [3.05, 3.63) is 52.2 Å². The van der Waals surface area contributed by atoms with Crippen molar-refractivity contribution in [3.63, 3.8) is 0 Å². The van der Waals surface area contributed by atoms with Gasteiger partial charge in [-0.15, -0.1) is 11.3 Å². The van der Waals surface area contributed by atoms with Gasteiger partial charge in [0.15, 0.2) is 10.8 Å². The molecule has 1 aromatic heterocycles. The Labute approximate surface area is 186 Å². The van der Waals surface area contributed by atoms with Gasteiger partial charge in [-0.3, -0.25) is 9.69 Å². The fraction of sp³-hybridized carbons (Fsp3) is 0.500. The van der Waals surface area contributed by atoms with Crippen molar-refractivity contribution in [2.24, 2.45) is 17.6 Å². The van der Waals surface area contributed by atoms with Crippen LogP contribution < -0.4 is 10.5 Å². The molecule has 5 nitrogen and oxygen atoms in total. The van der Waals surface area contributed by atoms with Crippen molar-refractivity contribution in [2.45, 2.75) is 58.2 Å². The van der Waals surface area contributed by atoms with E-state index in [9.17, 15) is 14.0 Å². The Kier molecular flexibility index (Phi) is 6.55. The molecule has 2 heterocycles. The molecule has 0 spiro atoms. The summed E-state index contributed by atoms with van der Waals surface area (Å²) in [5.74, 6) is -0.571. The van der Waals surface area contributed by atoms with Gasteiger partial charge < -0.3 is 10.5 Å². The van der Waals surface area contributed by atoms with E-state index >= 15 is 0 Å². The van der Waals surface area contributed by atoms with Gasteiger partial charge in [0.25, 0.3) is 0 Å². The molecule has 0 radical (unpaired) electrons. The van der Waals surface area contributed by atoms with Crippen molar-refractivity contribution < 1.29 is 18.7 Å². The molecule has 166 valence electrons. The van der Waals surface area contributed by atoms with Crippen LogP contribution in [-0.4, -0.2) is 29.2 Å². The Morgan fingerprint density at radius 1 is 1.32 bits per heavy atom. The standard InChI is InChI=1S/C24H29FN2O3S/c1-3-14(2)21(26)24(29)30-20-12-16-13-27(11-10-19(16)31-20)22(23(28)15-8-9-15)17-6-4-5-7-18(17)25/h4-7,12,14-15,21-22H,3,8-11,13,26H2,1-2H3. The predicted molar refractivity (Wildman–Crippen MR) is 118 cm³/mol. The minimum absolute atomic E-state index is 0.0343. The van der Waals surface area contributed by atoms with Gasteiger partial charge in [0, 0.05) is 29.4 Å². The van der Waals surface area contributed by atoms with E-state index in [0.717, 1.165) is 36.1 Å². The Morgan fingerprint density at radius 3 is 2.74 bits per heavy atom. The summed E-state index contributed by atoms with van der Waals surface area (Å²) in [6.45, 7) is 5.11. The summed E-state index contributed by atoms with van der Waals surface area (Å²) >= 11 is 1.46. The number of carbonyl (C=O) groups is 2. The fourth-order valence-electron chi connectivity index (χ4n) is 4.07. The van der Waals surface area contributed by atoms with Crippen LogP contribution in [0.25, 0.3) is 0 Å². The van der Waals surface area contributed by atoms with Crippen molar-refractivity contribution >= 4 is 23.1 Å². The number of rotatable bonds is 8. The molecule has 31 heavy (non-hydrogen) atoms. The Morgan fingerprint density at radius 2 is 2.06 bits per heavy atom. The minimum Gasteiger partial charge on any atom is -0.414 e. The molecular formula is C24H29FN2O3S. The lowest BCUT2D eigenvalue weighted by atomic mass is 9.95. The Balaban J connectivity index is 1.53. The van der Waals surface area contributed by atoms with E-state index in [2.05, 4.69) is 4.90 Å². The summed E-state index contributed by atoms with van der Waals surface area (Å²) in [6.07, 6.45) is 3.31. The number of thiophene rings is 1. The number of hydrogen-bond acceptors (Lipinski definition) is 6. The topological polar surface area (TPSA) is 72.6 Å². The third-order valence-corrected chi connectivity index (χ3v) is 7.53. The average Bonchev–Trinajstić information content (AvgIpc) is 3.54. The number of benzene rings is 1. The van der Waals surface area contributed by atoms with E-state index in [1.54, 1.807) is 18.2 Å². The van der Waals surface area contributed by atoms with Crippen LogP contribution in [0.5, 0.6) is 5.06 Å². The second-order valence-electron chi connectivity index (χ2n) is 8.67. The van der Waals surface area contributed by atoms with Gasteiger partial charge in [0.05, 0.1) is 6.04 Å². The van der Waals surface area contributed by atoms with E-state index in [4.69, 9.17) is 10.5 Å². The van der Waals surface area contributed by atoms with Gasteiger partial charge in [0.1, 0.15) is 11.9 Å². The van der Waals surface area contributed by atoms with Crippen LogP contribution in [0, 0.1) is 17.7 Å². The number of nitrogens with two attached hydrogens (primary N) is 1. The van der Waals surface area contributed by atoms with Crippen LogP contribution in [0.4, 0.5) is 4.39 Å². The number of fused-ring (bicyclic) bond motifs is 1. The maximum absolute atomic E-state index is 14.6. The first kappa shape index (κ1) is 22.1. The van der Waals surface area contributed by atoms with E-state index in [1.807, 2.05) is 19.9 Å². The lowest BCUT2D eigenvalue weighted by Gasteiger charge is -2.34. The zero-order chi connectivity index (χ0) is 22.1. The number of ether oxygens (including phenoxy) is 1. The van der Waals surface area contributed by atoms with Crippen molar-refractivity contribution in [1.29, 1.82) is 0 Å². The van der Waals surface area contributed by atoms with Crippen LogP contribution >= 0.6 is 11.3 Å². The molecule has 4 rings (SSSR count). The highest BCUT2D eigenvalue weighted by atomic mass is 32.1. The monoisotopic (exact) mass is 444 g/mol. The molecule has 2 aromatic rings. The SMILES string of the molecule is CCC(C)C(N)C(=O)Oc1cc2c(s1)CCN(C(C(=O)C1CC1)c1ccccc1F)C2. The highest BCUT2D eigenvalue weighted by Gasteiger charge is 2.40. The first-order valence-electron chi connectivity index (χ1n) is 11.0. The van der Waals surface area contributed by atoms with Gasteiger partial charge in [-0.25, -0.2) is 9.18 Å². The largest absolute Gasteiger partial charge is 0.414 e. The smallest absolute Gasteiger partial charge is 0.329 e. The molecule has 3 atom stereocenters. The molecule has 2 N–H and O–H groups in total. The van der Waals surface area contributed by atoms with Gasteiger partial charge >= 0.3 is 5.97 Å². The first-order chi connectivity index (χ1) is 14.9. The summed E-state index contributed by atoms with van der Waals surface area (Å²) in [5.41, 5.74) is 7.48. The second-order valence-corrected chi connectivity index (χ2v) is 9.77. The summed E-state index contributed by atoms with van der Waals surface area (Å²) in [7, 11) is 0. The average molecular weight is 445 g/mol. The van der Waals surface area contributed by atoms with Crippen molar-refractivity contribution in [3.8, 4) is 5.06 Å². The number of hydrogen-bond donors (Lipinski definition) is 1. The van der Waals surface area contributed by atoms with Crippen LogP contribution in [0.2, 0.25) is 0 Å². The van der Waals surface area contributed by atoms with Gasteiger partial charge in [-0.2, -0.15) is 0 Å². The van der Waals surface area contributed by atoms with Crippen LogP contribution in [0.3, 0.4) is 0 Å². The molecular weight excluding hydrogens is 415 g/mol. The Hall–Kier alpha value is -2.09. The molecule has 1 saturated carbocycles. The molecule has 7 heteroatoms. The van der Waals surface area contributed by atoms with Gasteiger partial charge in [0.2, 0.25) is 0 Å². The minimum atomic E-state index is -0.651. The Bertz CT molecular complexity index is 971. The van der Waals surface area contributed by atoms with Crippen LogP contribution in [-0.2, 0) is 22.6 Å². The zero-order valence-electron chi connectivity index (χ0n) is 18.0. The number of carbonyl (C=O) groups excluding carboxylic acids is 2. The molecule has 1 aliphatic carbocycles. The van der Waals surface area contributed by atoms with Crippen LogP contribution in [0.1, 0.15) is 55.2 Å². The molecule has 0 bridgehead atoms. The first-order valence-corrected chi connectivity index (χ1v) is 11.8. The summed E-state index contributed by atoms with van der Waals surface area (Å²) < 4.78 is 20.2. The van der Waals surface area contributed by atoms with E-state index < -0.39 is 18.1 Å². The molecule has 1 aliphatic heterocycles. The summed E-state index contributed by atoms with van der Waals surface area (Å²) in [5, 5.41) is 0.534. The third kappa shape index (κ3) is 4.73. The highest BCUT2D eigenvalue weighted by molar-refractivity contribution is 7.14. The molecule has 0 saturated heterocycles. The van der Waals surface area contributed by atoms with Crippen molar-refractivity contribution in [1.82, 2.24) is 4.90 Å². The summed E-state index contributed by atoms with van der Waals surface area (Å²) in [4.78, 5) is 28.7. The molecule has 1 fully saturated rings. The predicted octanol–water partition coefficient (Wildman–Crippen LogP) is 4.24.